The van der Waals surface area contributed by atoms with E-state index >= 15 is 0 Å². The Bertz CT molecular complexity index is 807. The SMILES string of the molecule is NC(=O)c1cc(NC(=O)c2cccnc2SC2CCCC2)ccc1F. The Morgan fingerprint density at radius 3 is 2.68 bits per heavy atom. The maximum Gasteiger partial charge on any atom is 0.258 e. The molecule has 0 spiro atoms. The van der Waals surface area contributed by atoms with Crippen molar-refractivity contribution < 1.29 is 14.0 Å². The Morgan fingerprint density at radius 2 is 1.96 bits per heavy atom. The number of carbonyl (C=O) groups excluding carboxylic acids is 2. The summed E-state index contributed by atoms with van der Waals surface area (Å²) in [7, 11) is 0. The van der Waals surface area contributed by atoms with E-state index in [1.807, 2.05) is 0 Å². The van der Waals surface area contributed by atoms with E-state index in [1.165, 1.54) is 25.0 Å². The largest absolute Gasteiger partial charge is 0.366 e. The van der Waals surface area contributed by atoms with Gasteiger partial charge in [-0.15, -0.1) is 11.8 Å². The Hall–Kier alpha value is -2.41. The summed E-state index contributed by atoms with van der Waals surface area (Å²) in [5.41, 5.74) is 5.64. The van der Waals surface area contributed by atoms with E-state index in [2.05, 4.69) is 10.3 Å². The van der Waals surface area contributed by atoms with Crippen molar-refractivity contribution in [1.29, 1.82) is 0 Å². The van der Waals surface area contributed by atoms with Crippen molar-refractivity contribution in [3.63, 3.8) is 0 Å². The average Bonchev–Trinajstić information content (AvgIpc) is 3.10. The molecule has 0 radical (unpaired) electrons. The summed E-state index contributed by atoms with van der Waals surface area (Å²) in [6, 6.07) is 7.13. The highest BCUT2D eigenvalue weighted by molar-refractivity contribution is 7.99. The van der Waals surface area contributed by atoms with Crippen LogP contribution in [0.1, 0.15) is 46.4 Å². The number of aromatic nitrogens is 1. The lowest BCUT2D eigenvalue weighted by atomic mass is 10.1. The number of nitrogens with zero attached hydrogens (tertiary/aromatic N) is 1. The van der Waals surface area contributed by atoms with Gasteiger partial charge in [0.25, 0.3) is 11.8 Å². The second-order valence-corrected chi connectivity index (χ2v) is 7.18. The first-order valence-corrected chi connectivity index (χ1v) is 8.95. The number of pyridine rings is 1. The number of thioether (sulfide) groups is 1. The number of primary amides is 1. The molecule has 0 atom stereocenters. The van der Waals surface area contributed by atoms with Crippen LogP contribution in [0.2, 0.25) is 0 Å². The predicted molar refractivity (Wildman–Crippen MR) is 95.2 cm³/mol. The van der Waals surface area contributed by atoms with Gasteiger partial charge in [-0.3, -0.25) is 9.59 Å². The number of hydrogen-bond acceptors (Lipinski definition) is 4. The number of nitrogens with one attached hydrogen (secondary N) is 1. The van der Waals surface area contributed by atoms with Crippen molar-refractivity contribution in [1.82, 2.24) is 4.98 Å². The minimum atomic E-state index is -0.882. The highest BCUT2D eigenvalue weighted by Gasteiger charge is 2.21. The monoisotopic (exact) mass is 359 g/mol. The first-order valence-electron chi connectivity index (χ1n) is 8.07. The molecule has 3 rings (SSSR count). The van der Waals surface area contributed by atoms with Gasteiger partial charge >= 0.3 is 0 Å². The maximum absolute atomic E-state index is 13.5. The van der Waals surface area contributed by atoms with Gasteiger partial charge in [0.05, 0.1) is 11.1 Å². The van der Waals surface area contributed by atoms with Gasteiger partial charge in [0.2, 0.25) is 0 Å². The van der Waals surface area contributed by atoms with Crippen LogP contribution in [0.15, 0.2) is 41.6 Å². The second-order valence-electron chi connectivity index (χ2n) is 5.89. The average molecular weight is 359 g/mol. The van der Waals surface area contributed by atoms with Gasteiger partial charge < -0.3 is 11.1 Å². The van der Waals surface area contributed by atoms with Crippen molar-refractivity contribution in [2.45, 2.75) is 36.0 Å². The number of benzene rings is 1. The van der Waals surface area contributed by atoms with E-state index in [1.54, 1.807) is 30.1 Å². The van der Waals surface area contributed by atoms with E-state index in [0.717, 1.165) is 18.9 Å². The van der Waals surface area contributed by atoms with Crippen LogP contribution in [0.4, 0.5) is 10.1 Å². The van der Waals surface area contributed by atoms with Crippen LogP contribution in [-0.4, -0.2) is 22.0 Å². The summed E-state index contributed by atoms with van der Waals surface area (Å²) < 4.78 is 13.5. The molecule has 130 valence electrons. The van der Waals surface area contributed by atoms with E-state index < -0.39 is 11.7 Å². The molecule has 1 aliphatic rings. The molecule has 0 saturated heterocycles. The zero-order valence-corrected chi connectivity index (χ0v) is 14.3. The number of rotatable bonds is 5. The fourth-order valence-electron chi connectivity index (χ4n) is 2.81. The molecule has 1 aliphatic carbocycles. The standard InChI is InChI=1S/C18H18FN3O2S/c19-15-8-7-11(10-14(15)16(20)23)22-17(24)13-6-3-9-21-18(13)25-12-4-1-2-5-12/h3,6-10,12H,1-2,4-5H2,(H2,20,23)(H,22,24). The zero-order valence-electron chi connectivity index (χ0n) is 13.5. The van der Waals surface area contributed by atoms with Crippen LogP contribution in [0.25, 0.3) is 0 Å². The Balaban J connectivity index is 1.79. The van der Waals surface area contributed by atoms with Crippen LogP contribution in [0.3, 0.4) is 0 Å². The topological polar surface area (TPSA) is 85.1 Å². The van der Waals surface area contributed by atoms with Crippen molar-refractivity contribution >= 4 is 29.3 Å². The minimum Gasteiger partial charge on any atom is -0.366 e. The molecule has 1 aromatic heterocycles. The zero-order chi connectivity index (χ0) is 17.8. The summed E-state index contributed by atoms with van der Waals surface area (Å²) in [6.45, 7) is 0. The van der Waals surface area contributed by atoms with Gasteiger partial charge in [-0.1, -0.05) is 12.8 Å². The molecule has 2 aromatic rings. The van der Waals surface area contributed by atoms with Crippen molar-refractivity contribution in [2.75, 3.05) is 5.32 Å². The number of anilines is 1. The Kier molecular flexibility index (Phi) is 5.33. The van der Waals surface area contributed by atoms with Crippen LogP contribution in [-0.2, 0) is 0 Å². The van der Waals surface area contributed by atoms with Crippen LogP contribution in [0.5, 0.6) is 0 Å². The summed E-state index contributed by atoms with van der Waals surface area (Å²) in [5.74, 6) is -1.95. The van der Waals surface area contributed by atoms with Crippen LogP contribution < -0.4 is 11.1 Å². The van der Waals surface area contributed by atoms with Gasteiger partial charge in [0, 0.05) is 17.1 Å². The van der Waals surface area contributed by atoms with Crippen molar-refractivity contribution in [3.8, 4) is 0 Å². The molecule has 2 amide bonds. The third-order valence-corrected chi connectivity index (χ3v) is 5.44. The van der Waals surface area contributed by atoms with Gasteiger partial charge in [0.15, 0.2) is 0 Å². The fraction of sp³-hybridized carbons (Fsp3) is 0.278. The molecule has 1 heterocycles. The van der Waals surface area contributed by atoms with Crippen molar-refractivity contribution in [2.24, 2.45) is 5.73 Å². The molecule has 1 aromatic carbocycles. The lowest BCUT2D eigenvalue weighted by Gasteiger charge is -2.12. The number of nitrogens with two attached hydrogens (primary N) is 1. The summed E-state index contributed by atoms with van der Waals surface area (Å²) in [4.78, 5) is 28.2. The van der Waals surface area contributed by atoms with Gasteiger partial charge in [-0.25, -0.2) is 9.37 Å². The van der Waals surface area contributed by atoms with E-state index in [0.29, 0.717) is 21.5 Å². The fourth-order valence-corrected chi connectivity index (χ4v) is 4.11. The molecule has 3 N–H and O–H groups in total. The van der Waals surface area contributed by atoms with Gasteiger partial charge in [-0.05, 0) is 43.2 Å². The molecule has 0 unspecified atom stereocenters. The first-order chi connectivity index (χ1) is 12.0. The first kappa shape index (κ1) is 17.4. The molecule has 7 heteroatoms. The minimum absolute atomic E-state index is 0.260. The lowest BCUT2D eigenvalue weighted by Crippen LogP contribution is -2.17. The van der Waals surface area contributed by atoms with Gasteiger partial charge in [-0.2, -0.15) is 0 Å². The molecule has 0 bridgehead atoms. The molecule has 5 nitrogen and oxygen atoms in total. The number of carbonyl (C=O) groups is 2. The quantitative estimate of drug-likeness (QED) is 0.854. The Morgan fingerprint density at radius 1 is 1.20 bits per heavy atom. The molecular formula is C18H18FN3O2S. The highest BCUT2D eigenvalue weighted by atomic mass is 32.2. The smallest absolute Gasteiger partial charge is 0.258 e. The number of halogens is 1. The summed E-state index contributed by atoms with van der Waals surface area (Å²) in [5, 5.41) is 3.84. The highest BCUT2D eigenvalue weighted by Crippen LogP contribution is 2.35. The summed E-state index contributed by atoms with van der Waals surface area (Å²) >= 11 is 1.62. The number of hydrogen-bond donors (Lipinski definition) is 2. The van der Waals surface area contributed by atoms with E-state index in [4.69, 9.17) is 5.73 Å². The van der Waals surface area contributed by atoms with Crippen molar-refractivity contribution in [3.05, 3.63) is 53.5 Å². The molecule has 1 saturated carbocycles. The molecule has 0 aliphatic heterocycles. The summed E-state index contributed by atoms with van der Waals surface area (Å²) in [6.07, 6.45) is 6.33. The third kappa shape index (κ3) is 4.17. The van der Waals surface area contributed by atoms with E-state index in [9.17, 15) is 14.0 Å². The maximum atomic E-state index is 13.5. The molecule has 1 fully saturated rings. The van der Waals surface area contributed by atoms with E-state index in [-0.39, 0.29) is 11.5 Å². The third-order valence-electron chi connectivity index (χ3n) is 4.09. The normalized spacial score (nSPS) is 14.4. The predicted octanol–water partition coefficient (Wildman–Crippen LogP) is 3.61. The lowest BCUT2D eigenvalue weighted by molar-refractivity contribution is 0.0992. The second kappa shape index (κ2) is 7.65. The Labute approximate surface area is 149 Å². The molecular weight excluding hydrogens is 341 g/mol. The molecule has 25 heavy (non-hydrogen) atoms. The van der Waals surface area contributed by atoms with Crippen LogP contribution >= 0.6 is 11.8 Å². The van der Waals surface area contributed by atoms with Crippen LogP contribution in [0, 0.1) is 5.82 Å². The van der Waals surface area contributed by atoms with Gasteiger partial charge in [0.1, 0.15) is 10.8 Å². The number of amides is 2.